The van der Waals surface area contributed by atoms with Crippen LogP contribution in [0.15, 0.2) is 52.9 Å². The standard InChI is InChI=1S/C22H25N3O2/c1-4-6-14-25(5-2)22(26)18-12-10-17(11-13-18)20-23-24-21(27-20)19-9-7-8-16(3)15-19/h7-13,15H,4-6,14H2,1-3H3. The monoisotopic (exact) mass is 363 g/mol. The molecule has 0 N–H and O–H groups in total. The molecule has 5 heteroatoms. The average Bonchev–Trinajstić information content (AvgIpc) is 3.19. The van der Waals surface area contributed by atoms with Crippen molar-refractivity contribution < 1.29 is 9.21 Å². The molecule has 0 saturated carbocycles. The number of hydrogen-bond acceptors (Lipinski definition) is 4. The first-order valence-electron chi connectivity index (χ1n) is 9.42. The van der Waals surface area contributed by atoms with E-state index >= 15 is 0 Å². The third-order valence-corrected chi connectivity index (χ3v) is 4.52. The molecule has 0 spiro atoms. The summed E-state index contributed by atoms with van der Waals surface area (Å²) in [5.74, 6) is 0.998. The van der Waals surface area contributed by atoms with E-state index in [2.05, 4.69) is 17.1 Å². The maximum Gasteiger partial charge on any atom is 0.253 e. The minimum atomic E-state index is 0.0588. The van der Waals surface area contributed by atoms with Crippen molar-refractivity contribution >= 4 is 5.91 Å². The number of carbonyl (C=O) groups is 1. The van der Waals surface area contributed by atoms with Crippen LogP contribution < -0.4 is 0 Å². The molecule has 1 amide bonds. The van der Waals surface area contributed by atoms with Crippen LogP contribution in [-0.4, -0.2) is 34.1 Å². The lowest BCUT2D eigenvalue weighted by Crippen LogP contribution is -2.31. The quantitative estimate of drug-likeness (QED) is 0.594. The molecule has 5 nitrogen and oxygen atoms in total. The van der Waals surface area contributed by atoms with Crippen molar-refractivity contribution in [2.45, 2.75) is 33.6 Å². The number of hydrogen-bond donors (Lipinski definition) is 0. The van der Waals surface area contributed by atoms with Gasteiger partial charge in [0.2, 0.25) is 11.8 Å². The van der Waals surface area contributed by atoms with Crippen LogP contribution in [0.5, 0.6) is 0 Å². The van der Waals surface area contributed by atoms with Crippen LogP contribution in [0.2, 0.25) is 0 Å². The van der Waals surface area contributed by atoms with Crippen molar-refractivity contribution in [2.75, 3.05) is 13.1 Å². The van der Waals surface area contributed by atoms with Crippen LogP contribution in [0.4, 0.5) is 0 Å². The number of amides is 1. The Bertz CT molecular complexity index is 900. The second-order valence-corrected chi connectivity index (χ2v) is 6.60. The Balaban J connectivity index is 1.77. The molecule has 1 aromatic heterocycles. The highest BCUT2D eigenvalue weighted by Crippen LogP contribution is 2.24. The van der Waals surface area contributed by atoms with Crippen molar-refractivity contribution in [2.24, 2.45) is 0 Å². The summed E-state index contributed by atoms with van der Waals surface area (Å²) in [4.78, 5) is 14.5. The first-order valence-corrected chi connectivity index (χ1v) is 9.42. The highest BCUT2D eigenvalue weighted by atomic mass is 16.4. The number of unbranched alkanes of at least 4 members (excludes halogenated alkanes) is 1. The molecule has 27 heavy (non-hydrogen) atoms. The van der Waals surface area contributed by atoms with Crippen LogP contribution in [0.25, 0.3) is 22.9 Å². The number of benzene rings is 2. The lowest BCUT2D eigenvalue weighted by molar-refractivity contribution is 0.0762. The zero-order valence-electron chi connectivity index (χ0n) is 16.1. The van der Waals surface area contributed by atoms with Gasteiger partial charge < -0.3 is 9.32 Å². The first-order chi connectivity index (χ1) is 13.1. The normalized spacial score (nSPS) is 10.8. The lowest BCUT2D eigenvalue weighted by Gasteiger charge is -2.20. The van der Waals surface area contributed by atoms with Gasteiger partial charge in [0, 0.05) is 29.8 Å². The molecule has 0 atom stereocenters. The van der Waals surface area contributed by atoms with Crippen LogP contribution in [0, 0.1) is 6.92 Å². The van der Waals surface area contributed by atoms with Gasteiger partial charge in [-0.2, -0.15) is 0 Å². The van der Waals surface area contributed by atoms with E-state index in [0.717, 1.165) is 36.1 Å². The van der Waals surface area contributed by atoms with Gasteiger partial charge in [0.05, 0.1) is 0 Å². The summed E-state index contributed by atoms with van der Waals surface area (Å²) >= 11 is 0. The lowest BCUT2D eigenvalue weighted by atomic mass is 10.1. The SMILES string of the molecule is CCCCN(CC)C(=O)c1ccc(-c2nnc(-c3cccc(C)c3)o2)cc1. The number of carbonyl (C=O) groups excluding carboxylic acids is 1. The summed E-state index contributed by atoms with van der Waals surface area (Å²) < 4.78 is 5.82. The van der Waals surface area contributed by atoms with E-state index < -0.39 is 0 Å². The summed E-state index contributed by atoms with van der Waals surface area (Å²) in [5, 5.41) is 8.29. The molecule has 3 aromatic rings. The van der Waals surface area contributed by atoms with E-state index in [1.54, 1.807) is 0 Å². The van der Waals surface area contributed by atoms with Crippen LogP contribution in [0.1, 0.15) is 42.6 Å². The van der Waals surface area contributed by atoms with Gasteiger partial charge in [-0.25, -0.2) is 0 Å². The minimum absolute atomic E-state index is 0.0588. The molecule has 0 aliphatic heterocycles. The second-order valence-electron chi connectivity index (χ2n) is 6.60. The molecule has 2 aromatic carbocycles. The van der Waals surface area contributed by atoms with Gasteiger partial charge in [-0.15, -0.1) is 10.2 Å². The van der Waals surface area contributed by atoms with E-state index in [1.807, 2.05) is 67.3 Å². The van der Waals surface area contributed by atoms with Crippen LogP contribution in [0.3, 0.4) is 0 Å². The van der Waals surface area contributed by atoms with E-state index in [4.69, 9.17) is 4.42 Å². The first kappa shape index (κ1) is 18.8. The molecule has 1 heterocycles. The molecule has 0 saturated heterocycles. The molecular weight excluding hydrogens is 338 g/mol. The summed E-state index contributed by atoms with van der Waals surface area (Å²) in [5.41, 5.74) is 3.51. The fourth-order valence-electron chi connectivity index (χ4n) is 2.92. The third kappa shape index (κ3) is 4.42. The molecule has 0 aliphatic carbocycles. The Morgan fingerprint density at radius 1 is 1.00 bits per heavy atom. The van der Waals surface area contributed by atoms with Crippen molar-refractivity contribution in [1.29, 1.82) is 0 Å². The number of rotatable bonds is 7. The number of nitrogens with zero attached hydrogens (tertiary/aromatic N) is 3. The highest BCUT2D eigenvalue weighted by Gasteiger charge is 2.15. The van der Waals surface area contributed by atoms with Gasteiger partial charge in [-0.1, -0.05) is 31.0 Å². The van der Waals surface area contributed by atoms with Gasteiger partial charge in [0.1, 0.15) is 0 Å². The molecule has 0 bridgehead atoms. The fraction of sp³-hybridized carbons (Fsp3) is 0.318. The molecule has 0 unspecified atom stereocenters. The summed E-state index contributed by atoms with van der Waals surface area (Å²) in [6.07, 6.45) is 2.09. The maximum atomic E-state index is 12.6. The Kier molecular flexibility index (Phi) is 6.01. The van der Waals surface area contributed by atoms with E-state index in [-0.39, 0.29) is 5.91 Å². The molecule has 140 valence electrons. The van der Waals surface area contributed by atoms with Gasteiger partial charge in [-0.05, 0) is 56.7 Å². The van der Waals surface area contributed by atoms with Gasteiger partial charge in [0.15, 0.2) is 0 Å². The molecule has 0 fully saturated rings. The smallest absolute Gasteiger partial charge is 0.253 e. The Morgan fingerprint density at radius 2 is 1.70 bits per heavy atom. The minimum Gasteiger partial charge on any atom is -0.416 e. The van der Waals surface area contributed by atoms with Crippen LogP contribution >= 0.6 is 0 Å². The molecular formula is C22H25N3O2. The Morgan fingerprint density at radius 3 is 2.33 bits per heavy atom. The zero-order valence-corrected chi connectivity index (χ0v) is 16.1. The predicted octanol–water partition coefficient (Wildman–Crippen LogP) is 4.97. The maximum absolute atomic E-state index is 12.6. The Hall–Kier alpha value is -2.95. The highest BCUT2D eigenvalue weighted by molar-refractivity contribution is 5.94. The third-order valence-electron chi connectivity index (χ3n) is 4.52. The van der Waals surface area contributed by atoms with E-state index in [0.29, 0.717) is 23.9 Å². The predicted molar refractivity (Wildman–Crippen MR) is 106 cm³/mol. The summed E-state index contributed by atoms with van der Waals surface area (Å²) in [6, 6.07) is 15.3. The number of aromatic nitrogens is 2. The van der Waals surface area contributed by atoms with Gasteiger partial charge in [-0.3, -0.25) is 4.79 Å². The van der Waals surface area contributed by atoms with E-state index in [1.165, 1.54) is 0 Å². The topological polar surface area (TPSA) is 59.2 Å². The van der Waals surface area contributed by atoms with Crippen LogP contribution in [-0.2, 0) is 0 Å². The van der Waals surface area contributed by atoms with E-state index in [9.17, 15) is 4.79 Å². The average molecular weight is 363 g/mol. The van der Waals surface area contributed by atoms with Gasteiger partial charge in [0.25, 0.3) is 5.91 Å². The largest absolute Gasteiger partial charge is 0.416 e. The van der Waals surface area contributed by atoms with Gasteiger partial charge >= 0.3 is 0 Å². The van der Waals surface area contributed by atoms with Crippen molar-refractivity contribution in [3.8, 4) is 22.9 Å². The van der Waals surface area contributed by atoms with Crippen molar-refractivity contribution in [3.63, 3.8) is 0 Å². The molecule has 3 rings (SSSR count). The summed E-state index contributed by atoms with van der Waals surface area (Å²) in [6.45, 7) is 7.66. The summed E-state index contributed by atoms with van der Waals surface area (Å²) in [7, 11) is 0. The molecule has 0 radical (unpaired) electrons. The second kappa shape index (κ2) is 8.62. The van der Waals surface area contributed by atoms with Crippen molar-refractivity contribution in [1.82, 2.24) is 15.1 Å². The fourth-order valence-corrected chi connectivity index (χ4v) is 2.92. The zero-order chi connectivity index (χ0) is 19.2. The number of aryl methyl sites for hydroxylation is 1. The molecule has 0 aliphatic rings. The Labute approximate surface area is 160 Å². The van der Waals surface area contributed by atoms with Crippen molar-refractivity contribution in [3.05, 3.63) is 59.7 Å².